The van der Waals surface area contributed by atoms with Crippen LogP contribution in [0.3, 0.4) is 0 Å². The van der Waals surface area contributed by atoms with Crippen molar-refractivity contribution in [3.63, 3.8) is 0 Å². The van der Waals surface area contributed by atoms with Gasteiger partial charge in [-0.15, -0.1) is 0 Å². The first-order chi connectivity index (χ1) is 12.1. The number of methoxy groups -OCH3 is 1. The molecule has 3 heteroatoms. The first kappa shape index (κ1) is 18.2. The third-order valence-corrected chi connectivity index (χ3v) is 6.29. The fourth-order valence-corrected chi connectivity index (χ4v) is 4.54. The lowest BCUT2D eigenvalue weighted by molar-refractivity contribution is -0.247. The highest BCUT2D eigenvalue weighted by Crippen LogP contribution is 2.78. The van der Waals surface area contributed by atoms with Crippen LogP contribution in [0.15, 0.2) is 42.5 Å². The van der Waals surface area contributed by atoms with E-state index < -0.39 is 0 Å². The molecular formula is C22H30O3. The molecule has 3 nitrogen and oxygen atoms in total. The van der Waals surface area contributed by atoms with Crippen molar-refractivity contribution < 1.29 is 14.3 Å². The predicted molar refractivity (Wildman–Crippen MR) is 99.0 cm³/mol. The molecule has 1 atom stereocenters. The molecule has 0 heterocycles. The Morgan fingerprint density at radius 2 is 1.96 bits per heavy atom. The van der Waals surface area contributed by atoms with Crippen LogP contribution in [0, 0.1) is 16.7 Å². The van der Waals surface area contributed by atoms with Crippen molar-refractivity contribution >= 4 is 5.97 Å². The van der Waals surface area contributed by atoms with Crippen molar-refractivity contribution in [3.8, 4) is 0 Å². The maximum atomic E-state index is 11.8. The maximum Gasteiger partial charge on any atom is 0.312 e. The summed E-state index contributed by atoms with van der Waals surface area (Å²) in [5, 5.41) is 0. The zero-order chi connectivity index (χ0) is 17.8. The molecule has 136 valence electrons. The van der Waals surface area contributed by atoms with Gasteiger partial charge in [0, 0.05) is 6.61 Å². The SMILES string of the molecule is COC(=O)C12CC(/C=C/CCCCCOCc3ccccc3)(C1)[C@H]2C. The number of hydrogen-bond acceptors (Lipinski definition) is 3. The van der Waals surface area contributed by atoms with Crippen molar-refractivity contribution in [2.24, 2.45) is 16.7 Å². The molecule has 3 aliphatic carbocycles. The monoisotopic (exact) mass is 342 g/mol. The van der Waals surface area contributed by atoms with Crippen LogP contribution in [-0.4, -0.2) is 19.7 Å². The Balaban J connectivity index is 1.23. The molecule has 0 spiro atoms. The summed E-state index contributed by atoms with van der Waals surface area (Å²) in [7, 11) is 1.50. The maximum absolute atomic E-state index is 11.8. The standard InChI is InChI=1S/C22H30O3/c1-18-21(16-22(18,17-21)20(23)24-2)13-9-4-3-5-10-14-25-15-19-11-7-6-8-12-19/h6-9,11-13,18H,3-5,10,14-17H2,1-2H3/b13-9+/t18-,21?,22?/m1/s1. The van der Waals surface area contributed by atoms with E-state index in [0.29, 0.717) is 12.5 Å². The van der Waals surface area contributed by atoms with Crippen LogP contribution in [-0.2, 0) is 20.9 Å². The van der Waals surface area contributed by atoms with E-state index in [1.54, 1.807) is 0 Å². The lowest BCUT2D eigenvalue weighted by Gasteiger charge is -2.73. The normalized spacial score (nSPS) is 29.9. The molecule has 25 heavy (non-hydrogen) atoms. The highest BCUT2D eigenvalue weighted by Gasteiger charge is 2.76. The lowest BCUT2D eigenvalue weighted by Crippen LogP contribution is -2.71. The van der Waals surface area contributed by atoms with Gasteiger partial charge in [0.2, 0.25) is 0 Å². The Kier molecular flexibility index (Phi) is 5.63. The minimum Gasteiger partial charge on any atom is -0.469 e. The molecule has 0 N–H and O–H groups in total. The van der Waals surface area contributed by atoms with Gasteiger partial charge in [-0.25, -0.2) is 0 Å². The molecule has 3 saturated carbocycles. The van der Waals surface area contributed by atoms with E-state index >= 15 is 0 Å². The Morgan fingerprint density at radius 3 is 2.64 bits per heavy atom. The number of ether oxygens (including phenoxy) is 2. The van der Waals surface area contributed by atoms with Crippen molar-refractivity contribution in [1.29, 1.82) is 0 Å². The third-order valence-electron chi connectivity index (χ3n) is 6.29. The van der Waals surface area contributed by atoms with Gasteiger partial charge in [0.1, 0.15) is 0 Å². The van der Waals surface area contributed by atoms with Crippen LogP contribution >= 0.6 is 0 Å². The van der Waals surface area contributed by atoms with E-state index in [-0.39, 0.29) is 16.8 Å². The number of allylic oxidation sites excluding steroid dienone is 2. The van der Waals surface area contributed by atoms with Crippen molar-refractivity contribution in [3.05, 3.63) is 48.0 Å². The Hall–Kier alpha value is -1.61. The van der Waals surface area contributed by atoms with Crippen molar-refractivity contribution in [2.45, 2.75) is 52.1 Å². The van der Waals surface area contributed by atoms with E-state index in [9.17, 15) is 4.79 Å². The predicted octanol–water partition coefficient (Wildman–Crippen LogP) is 4.91. The summed E-state index contributed by atoms with van der Waals surface area (Å²) in [4.78, 5) is 11.8. The largest absolute Gasteiger partial charge is 0.469 e. The number of esters is 1. The van der Waals surface area contributed by atoms with E-state index in [2.05, 4.69) is 31.2 Å². The fraction of sp³-hybridized carbons (Fsp3) is 0.591. The van der Waals surface area contributed by atoms with Gasteiger partial charge in [-0.2, -0.15) is 0 Å². The molecule has 0 saturated heterocycles. The summed E-state index contributed by atoms with van der Waals surface area (Å²) in [5.74, 6) is 0.431. The van der Waals surface area contributed by atoms with Gasteiger partial charge in [-0.3, -0.25) is 4.79 Å². The summed E-state index contributed by atoms with van der Waals surface area (Å²) < 4.78 is 10.7. The van der Waals surface area contributed by atoms with E-state index in [4.69, 9.17) is 9.47 Å². The first-order valence-electron chi connectivity index (χ1n) is 9.51. The molecule has 4 rings (SSSR count). The Morgan fingerprint density at radius 1 is 1.20 bits per heavy atom. The molecule has 3 fully saturated rings. The summed E-state index contributed by atoms with van der Waals surface area (Å²) >= 11 is 0. The second-order valence-electron chi connectivity index (χ2n) is 7.75. The van der Waals surface area contributed by atoms with Crippen molar-refractivity contribution in [1.82, 2.24) is 0 Å². The van der Waals surface area contributed by atoms with E-state index in [0.717, 1.165) is 32.3 Å². The van der Waals surface area contributed by atoms with Gasteiger partial charge in [-0.05, 0) is 49.0 Å². The highest BCUT2D eigenvalue weighted by molar-refractivity contribution is 5.82. The van der Waals surface area contributed by atoms with Crippen LogP contribution in [0.5, 0.6) is 0 Å². The zero-order valence-corrected chi connectivity index (χ0v) is 15.5. The molecule has 3 aliphatic rings. The molecule has 0 aromatic heterocycles. The number of hydrogen-bond donors (Lipinski definition) is 0. The third kappa shape index (κ3) is 3.52. The number of carbonyl (C=O) groups is 1. The topological polar surface area (TPSA) is 35.5 Å². The van der Waals surface area contributed by atoms with Gasteiger partial charge in [-0.1, -0.05) is 55.8 Å². The second kappa shape index (κ2) is 7.74. The number of carbonyl (C=O) groups excluding carboxylic acids is 1. The fourth-order valence-electron chi connectivity index (χ4n) is 4.54. The van der Waals surface area contributed by atoms with Gasteiger partial charge >= 0.3 is 5.97 Å². The van der Waals surface area contributed by atoms with E-state index in [1.807, 2.05) is 18.2 Å². The lowest BCUT2D eigenvalue weighted by atomic mass is 9.29. The molecule has 2 bridgehead atoms. The minimum atomic E-state index is -0.158. The van der Waals surface area contributed by atoms with Crippen molar-refractivity contribution in [2.75, 3.05) is 13.7 Å². The molecule has 1 aromatic carbocycles. The molecule has 0 radical (unpaired) electrons. The number of rotatable bonds is 10. The van der Waals surface area contributed by atoms with Crippen LogP contribution in [0.4, 0.5) is 0 Å². The summed E-state index contributed by atoms with van der Waals surface area (Å²) in [5.41, 5.74) is 1.37. The highest BCUT2D eigenvalue weighted by atomic mass is 16.5. The van der Waals surface area contributed by atoms with E-state index in [1.165, 1.54) is 25.5 Å². The van der Waals surface area contributed by atoms with Gasteiger partial charge < -0.3 is 9.47 Å². The average Bonchev–Trinajstić information content (AvgIpc) is 2.62. The summed E-state index contributed by atoms with van der Waals surface area (Å²) in [6.45, 7) is 3.74. The smallest absolute Gasteiger partial charge is 0.312 e. The Bertz CT molecular complexity index is 599. The number of unbranched alkanes of at least 4 members (excludes halogenated alkanes) is 3. The second-order valence-corrected chi connectivity index (χ2v) is 7.75. The molecule has 1 aromatic rings. The average molecular weight is 342 g/mol. The Labute approximate surface area is 151 Å². The molecule has 0 amide bonds. The summed E-state index contributed by atoms with van der Waals surface area (Å²) in [6, 6.07) is 10.3. The number of benzene rings is 1. The van der Waals surface area contributed by atoms with Gasteiger partial charge in [0.05, 0.1) is 19.1 Å². The molecule has 0 aliphatic heterocycles. The zero-order valence-electron chi connectivity index (χ0n) is 15.5. The van der Waals surface area contributed by atoms with Gasteiger partial charge in [0.15, 0.2) is 0 Å². The van der Waals surface area contributed by atoms with Gasteiger partial charge in [0.25, 0.3) is 0 Å². The molecular weight excluding hydrogens is 312 g/mol. The van der Waals surface area contributed by atoms with Crippen LogP contribution in [0.25, 0.3) is 0 Å². The molecule has 0 unspecified atom stereocenters. The quantitative estimate of drug-likeness (QED) is 0.344. The van der Waals surface area contributed by atoms with Crippen LogP contribution in [0.2, 0.25) is 0 Å². The summed E-state index contributed by atoms with van der Waals surface area (Å²) in [6.07, 6.45) is 11.3. The van der Waals surface area contributed by atoms with Crippen LogP contribution in [0.1, 0.15) is 51.0 Å². The first-order valence-corrected chi connectivity index (χ1v) is 9.51. The minimum absolute atomic E-state index is 0.00854. The van der Waals surface area contributed by atoms with Crippen LogP contribution < -0.4 is 0 Å².